The van der Waals surface area contributed by atoms with E-state index >= 15 is 0 Å². The van der Waals surface area contributed by atoms with E-state index in [9.17, 15) is 13.6 Å². The lowest BCUT2D eigenvalue weighted by atomic mass is 9.87. The second-order valence-electron chi connectivity index (χ2n) is 5.13. The summed E-state index contributed by atoms with van der Waals surface area (Å²) in [6, 6.07) is 6.71. The number of alkyl halides is 2. The van der Waals surface area contributed by atoms with Crippen molar-refractivity contribution in [2.24, 2.45) is 5.92 Å². The van der Waals surface area contributed by atoms with Gasteiger partial charge in [-0.15, -0.1) is 0 Å². The summed E-state index contributed by atoms with van der Waals surface area (Å²) in [7, 11) is 0. The molecule has 0 saturated heterocycles. The summed E-state index contributed by atoms with van der Waals surface area (Å²) in [4.78, 5) is 12.4. The molecule has 110 valence electrons. The lowest BCUT2D eigenvalue weighted by molar-refractivity contribution is -0.117. The van der Waals surface area contributed by atoms with Crippen LogP contribution in [-0.4, -0.2) is 11.7 Å². The molecule has 2 nitrogen and oxygen atoms in total. The van der Waals surface area contributed by atoms with Gasteiger partial charge in [-0.1, -0.05) is 43.2 Å². The van der Waals surface area contributed by atoms with Crippen LogP contribution in [0.1, 0.15) is 38.5 Å². The normalized spacial score (nSPS) is 16.4. The summed E-state index contributed by atoms with van der Waals surface area (Å²) in [5.41, 5.74) is 0.485. The Kier molecular flexibility index (Phi) is 5.83. The van der Waals surface area contributed by atoms with Gasteiger partial charge in [0.1, 0.15) is 0 Å². The quantitative estimate of drug-likeness (QED) is 0.783. The van der Waals surface area contributed by atoms with Gasteiger partial charge >= 0.3 is 0 Å². The third-order valence-corrected chi connectivity index (χ3v) is 4.36. The Morgan fingerprint density at radius 1 is 1.25 bits per heavy atom. The molecule has 0 unspecified atom stereocenters. The first kappa shape index (κ1) is 15.3. The van der Waals surface area contributed by atoms with Crippen molar-refractivity contribution in [3.63, 3.8) is 0 Å². The van der Waals surface area contributed by atoms with E-state index in [0.717, 1.165) is 12.8 Å². The molecule has 1 amide bonds. The number of amides is 1. The van der Waals surface area contributed by atoms with Gasteiger partial charge in [0, 0.05) is 11.3 Å². The molecule has 0 heterocycles. The molecule has 1 aromatic carbocycles. The van der Waals surface area contributed by atoms with Crippen molar-refractivity contribution in [3.8, 4) is 0 Å². The number of carbonyl (C=O) groups is 1. The van der Waals surface area contributed by atoms with Crippen molar-refractivity contribution in [2.45, 2.75) is 49.2 Å². The highest BCUT2D eigenvalue weighted by Gasteiger charge is 2.18. The second kappa shape index (κ2) is 7.62. The lowest BCUT2D eigenvalue weighted by Gasteiger charge is -2.21. The molecule has 1 saturated carbocycles. The van der Waals surface area contributed by atoms with Crippen LogP contribution < -0.4 is 5.32 Å². The number of halogens is 2. The minimum atomic E-state index is -2.48. The molecule has 1 N–H and O–H groups in total. The number of anilines is 1. The summed E-state index contributed by atoms with van der Waals surface area (Å²) in [6.45, 7) is 0. The van der Waals surface area contributed by atoms with Crippen LogP contribution in [0.4, 0.5) is 14.5 Å². The van der Waals surface area contributed by atoms with Crippen LogP contribution in [0.5, 0.6) is 0 Å². The maximum absolute atomic E-state index is 12.5. The first-order chi connectivity index (χ1) is 9.65. The van der Waals surface area contributed by atoms with Gasteiger partial charge in [-0.2, -0.15) is 8.78 Å². The van der Waals surface area contributed by atoms with E-state index in [0.29, 0.717) is 34.7 Å². The number of benzene rings is 1. The van der Waals surface area contributed by atoms with Crippen LogP contribution in [0.15, 0.2) is 29.2 Å². The van der Waals surface area contributed by atoms with Crippen molar-refractivity contribution >= 4 is 23.4 Å². The Hall–Kier alpha value is -1.10. The standard InChI is InChI=1S/C15H19F2NOS/c16-15(17)20-13-9-5-4-8-12(13)18-14(19)10-11-6-2-1-3-7-11/h4-5,8-9,11,15H,1-3,6-7,10H2,(H,18,19). The molecule has 0 atom stereocenters. The summed E-state index contributed by atoms with van der Waals surface area (Å²) in [5.74, 6) is -2.11. The number of nitrogens with one attached hydrogen (secondary N) is 1. The smallest absolute Gasteiger partial charge is 0.288 e. The van der Waals surface area contributed by atoms with E-state index in [-0.39, 0.29) is 5.91 Å². The number of para-hydroxylation sites is 1. The van der Waals surface area contributed by atoms with Gasteiger partial charge in [0.2, 0.25) is 5.91 Å². The van der Waals surface area contributed by atoms with Gasteiger partial charge in [-0.05, 0) is 30.9 Å². The van der Waals surface area contributed by atoms with Crippen LogP contribution in [0.3, 0.4) is 0 Å². The molecule has 1 fully saturated rings. The number of thioether (sulfide) groups is 1. The number of hydrogen-bond donors (Lipinski definition) is 1. The average molecular weight is 299 g/mol. The van der Waals surface area contributed by atoms with E-state index in [1.54, 1.807) is 24.3 Å². The summed E-state index contributed by atoms with van der Waals surface area (Å²) in [6.07, 6.45) is 6.33. The number of carbonyl (C=O) groups excluding carboxylic acids is 1. The second-order valence-corrected chi connectivity index (χ2v) is 6.16. The summed E-state index contributed by atoms with van der Waals surface area (Å²) in [5, 5.41) is 2.77. The molecule has 0 radical (unpaired) electrons. The average Bonchev–Trinajstić information content (AvgIpc) is 2.41. The van der Waals surface area contributed by atoms with Crippen molar-refractivity contribution < 1.29 is 13.6 Å². The van der Waals surface area contributed by atoms with Gasteiger partial charge in [-0.25, -0.2) is 0 Å². The van der Waals surface area contributed by atoms with Crippen LogP contribution in [-0.2, 0) is 4.79 Å². The van der Waals surface area contributed by atoms with E-state index in [4.69, 9.17) is 0 Å². The third-order valence-electron chi connectivity index (χ3n) is 3.58. The van der Waals surface area contributed by atoms with Gasteiger partial charge in [0.15, 0.2) is 0 Å². The zero-order chi connectivity index (χ0) is 14.4. The van der Waals surface area contributed by atoms with Crippen molar-refractivity contribution in [1.29, 1.82) is 0 Å². The maximum Gasteiger partial charge on any atom is 0.288 e. The predicted molar refractivity (Wildman–Crippen MR) is 78.1 cm³/mol. The predicted octanol–water partition coefficient (Wildman–Crippen LogP) is 4.91. The highest BCUT2D eigenvalue weighted by molar-refractivity contribution is 7.99. The molecule has 0 spiro atoms. The molecule has 20 heavy (non-hydrogen) atoms. The fourth-order valence-electron chi connectivity index (χ4n) is 2.62. The molecule has 1 aromatic rings. The zero-order valence-corrected chi connectivity index (χ0v) is 12.1. The third kappa shape index (κ3) is 4.78. The van der Waals surface area contributed by atoms with Crippen molar-refractivity contribution in [3.05, 3.63) is 24.3 Å². The van der Waals surface area contributed by atoms with E-state index in [2.05, 4.69) is 5.32 Å². The Labute approximate surface area is 122 Å². The fourth-order valence-corrected chi connectivity index (χ4v) is 3.22. The summed E-state index contributed by atoms with van der Waals surface area (Å²) < 4.78 is 24.9. The van der Waals surface area contributed by atoms with Crippen molar-refractivity contribution in [1.82, 2.24) is 0 Å². The fraction of sp³-hybridized carbons (Fsp3) is 0.533. The molecule has 2 rings (SSSR count). The SMILES string of the molecule is O=C(CC1CCCCC1)Nc1ccccc1SC(F)F. The van der Waals surface area contributed by atoms with Crippen LogP contribution in [0.25, 0.3) is 0 Å². The highest BCUT2D eigenvalue weighted by atomic mass is 32.2. The van der Waals surface area contributed by atoms with E-state index < -0.39 is 5.76 Å². The topological polar surface area (TPSA) is 29.1 Å². The van der Waals surface area contributed by atoms with Crippen LogP contribution in [0.2, 0.25) is 0 Å². The minimum Gasteiger partial charge on any atom is -0.325 e. The summed E-state index contributed by atoms with van der Waals surface area (Å²) >= 11 is 0.465. The first-order valence-electron chi connectivity index (χ1n) is 6.99. The molecular formula is C15H19F2NOS. The minimum absolute atomic E-state index is 0.0702. The molecule has 5 heteroatoms. The van der Waals surface area contributed by atoms with Crippen LogP contribution in [0, 0.1) is 5.92 Å². The molecule has 0 aromatic heterocycles. The molecule has 1 aliphatic carbocycles. The largest absolute Gasteiger partial charge is 0.325 e. The Bertz CT molecular complexity index is 447. The number of hydrogen-bond acceptors (Lipinski definition) is 2. The Morgan fingerprint density at radius 2 is 1.95 bits per heavy atom. The molecule has 0 bridgehead atoms. The molecular weight excluding hydrogens is 280 g/mol. The molecule has 0 aliphatic heterocycles. The molecule has 1 aliphatic rings. The van der Waals surface area contributed by atoms with E-state index in [1.165, 1.54) is 19.3 Å². The van der Waals surface area contributed by atoms with Gasteiger partial charge in [0.05, 0.1) is 5.69 Å². The lowest BCUT2D eigenvalue weighted by Crippen LogP contribution is -2.18. The van der Waals surface area contributed by atoms with Gasteiger partial charge in [-0.3, -0.25) is 4.79 Å². The highest BCUT2D eigenvalue weighted by Crippen LogP contribution is 2.32. The van der Waals surface area contributed by atoms with Crippen LogP contribution >= 0.6 is 11.8 Å². The first-order valence-corrected chi connectivity index (χ1v) is 7.87. The Balaban J connectivity index is 1.93. The van der Waals surface area contributed by atoms with Gasteiger partial charge < -0.3 is 5.32 Å². The van der Waals surface area contributed by atoms with Gasteiger partial charge in [0.25, 0.3) is 5.76 Å². The Morgan fingerprint density at radius 3 is 2.65 bits per heavy atom. The van der Waals surface area contributed by atoms with E-state index in [1.807, 2.05) is 0 Å². The monoisotopic (exact) mass is 299 g/mol. The number of rotatable bonds is 5. The van der Waals surface area contributed by atoms with Crippen molar-refractivity contribution in [2.75, 3.05) is 5.32 Å². The maximum atomic E-state index is 12.5. The zero-order valence-electron chi connectivity index (χ0n) is 11.3.